The molecule has 2 fully saturated rings. The number of thioether (sulfide) groups is 1. The number of hydrogen-bond donors (Lipinski definition) is 1. The topological polar surface area (TPSA) is 97.6 Å². The average molecular weight is 580 g/mol. The van der Waals surface area contributed by atoms with Crippen molar-refractivity contribution in [1.29, 1.82) is 0 Å². The zero-order chi connectivity index (χ0) is 27.6. The first-order valence-electron chi connectivity index (χ1n) is 13.2. The average Bonchev–Trinajstić information content (AvgIpc) is 3.53. The third kappa shape index (κ3) is 5.44. The zero-order valence-corrected chi connectivity index (χ0v) is 23.7. The highest BCUT2D eigenvalue weighted by Gasteiger charge is 2.33. The lowest BCUT2D eigenvalue weighted by Crippen LogP contribution is -2.37. The molecule has 0 unspecified atom stereocenters. The lowest BCUT2D eigenvalue weighted by atomic mass is 10.2. The van der Waals surface area contributed by atoms with Crippen molar-refractivity contribution in [2.24, 2.45) is 0 Å². The number of carbonyl (C=O) groups excluding carboxylic acids is 1. The Hall–Kier alpha value is -3.45. The number of nitrogens with one attached hydrogen (secondary N) is 1. The number of ether oxygens (including phenoxy) is 3. The fourth-order valence-corrected chi connectivity index (χ4v) is 6.14. The van der Waals surface area contributed by atoms with Crippen LogP contribution in [0.25, 0.3) is 11.7 Å². The third-order valence-corrected chi connectivity index (χ3v) is 8.44. The normalized spacial score (nSPS) is 18.3. The number of aryl methyl sites for hydroxylation is 1. The van der Waals surface area contributed by atoms with Crippen LogP contribution in [0.5, 0.6) is 11.5 Å². The number of amides is 1. The van der Waals surface area contributed by atoms with Crippen LogP contribution in [0.2, 0.25) is 0 Å². The van der Waals surface area contributed by atoms with Crippen molar-refractivity contribution >= 4 is 51.7 Å². The quantitative estimate of drug-likeness (QED) is 0.243. The van der Waals surface area contributed by atoms with Crippen molar-refractivity contribution in [3.8, 4) is 11.5 Å². The monoisotopic (exact) mass is 579 g/mol. The second-order valence-corrected chi connectivity index (χ2v) is 11.4. The van der Waals surface area contributed by atoms with Crippen molar-refractivity contribution in [3.05, 3.63) is 68.5 Å². The smallest absolute Gasteiger partial charge is 0.267 e. The van der Waals surface area contributed by atoms with Gasteiger partial charge in [0.15, 0.2) is 11.5 Å². The van der Waals surface area contributed by atoms with Crippen LogP contribution < -0.4 is 20.3 Å². The Labute approximate surface area is 240 Å². The molecule has 6 rings (SSSR count). The van der Waals surface area contributed by atoms with E-state index in [-0.39, 0.29) is 18.3 Å². The molecule has 10 nitrogen and oxygen atoms in total. The number of benzene rings is 1. The van der Waals surface area contributed by atoms with Gasteiger partial charge in [-0.15, -0.1) is 0 Å². The summed E-state index contributed by atoms with van der Waals surface area (Å²) in [6, 6.07) is 9.30. The van der Waals surface area contributed by atoms with E-state index >= 15 is 0 Å². The molecule has 2 aromatic heterocycles. The minimum Gasteiger partial charge on any atom is -0.454 e. The summed E-state index contributed by atoms with van der Waals surface area (Å²) in [5.74, 6) is 1.54. The third-order valence-electron chi connectivity index (χ3n) is 7.06. The van der Waals surface area contributed by atoms with Gasteiger partial charge in [0.2, 0.25) is 6.79 Å². The van der Waals surface area contributed by atoms with Crippen LogP contribution in [0, 0.1) is 6.92 Å². The van der Waals surface area contributed by atoms with Gasteiger partial charge in [0.25, 0.3) is 11.5 Å². The summed E-state index contributed by atoms with van der Waals surface area (Å²) >= 11 is 6.75. The number of hydrogen-bond acceptors (Lipinski definition) is 10. The Bertz CT molecular complexity index is 1570. The minimum atomic E-state index is -0.250. The molecule has 0 spiro atoms. The summed E-state index contributed by atoms with van der Waals surface area (Å²) in [6.45, 7) is 7.32. The molecule has 12 heteroatoms. The molecule has 5 heterocycles. The Balaban J connectivity index is 1.25. The van der Waals surface area contributed by atoms with Crippen molar-refractivity contribution in [2.75, 3.05) is 51.5 Å². The molecule has 3 aromatic rings. The summed E-state index contributed by atoms with van der Waals surface area (Å²) in [6.07, 6.45) is 4.20. The van der Waals surface area contributed by atoms with Gasteiger partial charge in [-0.25, -0.2) is 4.98 Å². The Morgan fingerprint density at radius 2 is 1.98 bits per heavy atom. The summed E-state index contributed by atoms with van der Waals surface area (Å²) in [5, 5.41) is 3.37. The molecule has 1 aromatic carbocycles. The maximum atomic E-state index is 13.7. The molecule has 1 N–H and O–H groups in total. The van der Waals surface area contributed by atoms with Crippen LogP contribution in [0.4, 0.5) is 5.82 Å². The van der Waals surface area contributed by atoms with E-state index < -0.39 is 0 Å². The standard InChI is InChI=1S/C28H29N5O5S2/c1-18-4-2-9-32-25(18)30-24(29-7-3-8-31-10-12-36-13-11-31)20(26(32)34)15-23-27(35)33(28(39)40-23)16-19-5-6-21-22(14-19)38-17-37-21/h2,4-6,9,14-15,29H,3,7-8,10-13,16-17H2,1H3. The van der Waals surface area contributed by atoms with Gasteiger partial charge in [-0.1, -0.05) is 36.1 Å². The lowest BCUT2D eigenvalue weighted by molar-refractivity contribution is -0.122. The van der Waals surface area contributed by atoms with Crippen LogP contribution in [0.3, 0.4) is 0 Å². The van der Waals surface area contributed by atoms with E-state index in [0.29, 0.717) is 50.8 Å². The van der Waals surface area contributed by atoms with Gasteiger partial charge in [-0.2, -0.15) is 0 Å². The van der Waals surface area contributed by atoms with Crippen molar-refractivity contribution in [2.45, 2.75) is 19.9 Å². The first-order valence-corrected chi connectivity index (χ1v) is 14.4. The molecule has 0 atom stereocenters. The summed E-state index contributed by atoms with van der Waals surface area (Å²) in [7, 11) is 0. The predicted octanol–water partition coefficient (Wildman–Crippen LogP) is 3.27. The molecule has 3 aliphatic heterocycles. The zero-order valence-electron chi connectivity index (χ0n) is 22.1. The van der Waals surface area contributed by atoms with Crippen LogP contribution in [0.15, 0.2) is 46.2 Å². The molecule has 3 aliphatic rings. The Kier molecular flexibility index (Phi) is 7.74. The highest BCUT2D eigenvalue weighted by atomic mass is 32.2. The fraction of sp³-hybridized carbons (Fsp3) is 0.357. The predicted molar refractivity (Wildman–Crippen MR) is 158 cm³/mol. The highest BCUT2D eigenvalue weighted by molar-refractivity contribution is 8.26. The second kappa shape index (κ2) is 11.6. The van der Waals surface area contributed by atoms with E-state index in [2.05, 4.69) is 10.2 Å². The van der Waals surface area contributed by atoms with Gasteiger partial charge in [0.1, 0.15) is 15.8 Å². The van der Waals surface area contributed by atoms with E-state index in [1.54, 1.807) is 12.3 Å². The molecule has 208 valence electrons. The van der Waals surface area contributed by atoms with Crippen molar-refractivity contribution in [1.82, 2.24) is 19.2 Å². The number of pyridine rings is 1. The summed E-state index contributed by atoms with van der Waals surface area (Å²) in [4.78, 5) is 36.2. The van der Waals surface area contributed by atoms with Crippen molar-refractivity contribution in [3.63, 3.8) is 0 Å². The van der Waals surface area contributed by atoms with E-state index in [4.69, 9.17) is 31.4 Å². The summed E-state index contributed by atoms with van der Waals surface area (Å²) in [5.41, 5.74) is 2.42. The molecule has 40 heavy (non-hydrogen) atoms. The van der Waals surface area contributed by atoms with Gasteiger partial charge in [0, 0.05) is 25.8 Å². The fourth-order valence-electron chi connectivity index (χ4n) is 4.90. The largest absolute Gasteiger partial charge is 0.454 e. The molecule has 0 radical (unpaired) electrons. The van der Waals surface area contributed by atoms with E-state index in [1.165, 1.54) is 21.1 Å². The maximum absolute atomic E-state index is 13.7. The van der Waals surface area contributed by atoms with Gasteiger partial charge in [0.05, 0.1) is 30.2 Å². The van der Waals surface area contributed by atoms with E-state index in [9.17, 15) is 9.59 Å². The number of anilines is 1. The molecule has 2 saturated heterocycles. The molecular formula is C28H29N5O5S2. The second-order valence-electron chi connectivity index (χ2n) is 9.75. The van der Waals surface area contributed by atoms with Gasteiger partial charge in [-0.05, 0) is 55.3 Å². The highest BCUT2D eigenvalue weighted by Crippen LogP contribution is 2.36. The lowest BCUT2D eigenvalue weighted by Gasteiger charge is -2.26. The number of nitrogens with zero attached hydrogens (tertiary/aromatic N) is 4. The van der Waals surface area contributed by atoms with Crippen LogP contribution in [0.1, 0.15) is 23.1 Å². The van der Waals surface area contributed by atoms with Crippen LogP contribution >= 0.6 is 24.0 Å². The molecular weight excluding hydrogens is 550 g/mol. The molecule has 0 aliphatic carbocycles. The molecule has 1 amide bonds. The molecule has 0 bridgehead atoms. The number of morpholine rings is 1. The maximum Gasteiger partial charge on any atom is 0.267 e. The SMILES string of the molecule is Cc1cccn2c(=O)c(C=C3SC(=S)N(Cc4ccc5c(c4)OCO5)C3=O)c(NCCCN3CCOCC3)nc12. The van der Waals surface area contributed by atoms with Crippen LogP contribution in [-0.2, 0) is 16.1 Å². The Morgan fingerprint density at radius 3 is 2.83 bits per heavy atom. The number of fused-ring (bicyclic) bond motifs is 2. The van der Waals surface area contributed by atoms with Crippen LogP contribution in [-0.4, -0.2) is 75.6 Å². The van der Waals surface area contributed by atoms with Gasteiger partial charge in [-0.3, -0.25) is 23.8 Å². The minimum absolute atomic E-state index is 0.182. The Morgan fingerprint density at radius 1 is 1.15 bits per heavy atom. The van der Waals surface area contributed by atoms with Gasteiger partial charge < -0.3 is 19.5 Å². The number of aromatic nitrogens is 2. The first-order chi connectivity index (χ1) is 19.5. The summed E-state index contributed by atoms with van der Waals surface area (Å²) < 4.78 is 18.2. The number of thiocarbonyl (C=S) groups is 1. The van der Waals surface area contributed by atoms with E-state index in [1.807, 2.05) is 37.3 Å². The number of rotatable bonds is 8. The first kappa shape index (κ1) is 26.8. The number of carbonyl (C=O) groups is 1. The molecule has 0 saturated carbocycles. The van der Waals surface area contributed by atoms with Crippen molar-refractivity contribution < 1.29 is 19.0 Å². The van der Waals surface area contributed by atoms with Gasteiger partial charge >= 0.3 is 0 Å². The van der Waals surface area contributed by atoms with E-state index in [0.717, 1.165) is 50.4 Å².